The fourth-order valence-corrected chi connectivity index (χ4v) is 3.04. The van der Waals surface area contributed by atoms with Crippen LogP contribution in [0.3, 0.4) is 0 Å². The summed E-state index contributed by atoms with van der Waals surface area (Å²) in [7, 11) is 3.06. The number of hydrogen-bond acceptors (Lipinski definition) is 6. The summed E-state index contributed by atoms with van der Waals surface area (Å²) >= 11 is 0. The van der Waals surface area contributed by atoms with Gasteiger partial charge in [0.15, 0.2) is 11.2 Å². The van der Waals surface area contributed by atoms with Gasteiger partial charge in [0.05, 0.1) is 25.3 Å². The van der Waals surface area contributed by atoms with Gasteiger partial charge in [-0.1, -0.05) is 5.21 Å². The van der Waals surface area contributed by atoms with Gasteiger partial charge < -0.3 is 19.8 Å². The number of amides is 1. The third-order valence-electron chi connectivity index (χ3n) is 4.47. The van der Waals surface area contributed by atoms with Crippen molar-refractivity contribution in [3.8, 4) is 11.5 Å². The van der Waals surface area contributed by atoms with Crippen LogP contribution in [0.5, 0.6) is 11.5 Å². The van der Waals surface area contributed by atoms with Gasteiger partial charge in [0, 0.05) is 18.2 Å². The first kappa shape index (κ1) is 18.4. The number of carbonyl (C=O) groups is 1. The Labute approximate surface area is 163 Å². The first-order valence-corrected chi connectivity index (χ1v) is 8.58. The zero-order valence-corrected chi connectivity index (χ0v) is 15.5. The maximum absolute atomic E-state index is 13.4. The molecule has 0 saturated heterocycles. The van der Waals surface area contributed by atoms with E-state index in [0.29, 0.717) is 22.6 Å². The number of nitrogens with one attached hydrogen (secondary N) is 2. The van der Waals surface area contributed by atoms with Crippen molar-refractivity contribution < 1.29 is 18.7 Å². The summed E-state index contributed by atoms with van der Waals surface area (Å²) in [5.41, 5.74) is 0.633. The summed E-state index contributed by atoms with van der Waals surface area (Å²) in [4.78, 5) is 27.6. The van der Waals surface area contributed by atoms with Crippen LogP contribution in [0.4, 0.5) is 4.39 Å². The number of halogens is 1. The summed E-state index contributed by atoms with van der Waals surface area (Å²) in [5.74, 6) is 0.0864. The van der Waals surface area contributed by atoms with Crippen LogP contribution in [-0.2, 0) is 6.54 Å². The van der Waals surface area contributed by atoms with Crippen LogP contribution in [0, 0.1) is 5.82 Å². The second kappa shape index (κ2) is 7.23. The Morgan fingerprint density at radius 1 is 1.21 bits per heavy atom. The van der Waals surface area contributed by atoms with Crippen molar-refractivity contribution in [2.45, 2.75) is 6.54 Å². The van der Waals surface area contributed by atoms with Gasteiger partial charge in [-0.05, 0) is 30.3 Å². The topological polar surface area (TPSA) is 111 Å². The van der Waals surface area contributed by atoms with Crippen LogP contribution in [0.2, 0.25) is 0 Å². The molecule has 0 unspecified atom stereocenters. The van der Waals surface area contributed by atoms with Gasteiger partial charge in [0.2, 0.25) is 0 Å². The minimum Gasteiger partial charge on any atom is -0.497 e. The third kappa shape index (κ3) is 3.24. The van der Waals surface area contributed by atoms with Crippen molar-refractivity contribution >= 4 is 22.5 Å². The average Bonchev–Trinajstić information content (AvgIpc) is 3.17. The van der Waals surface area contributed by atoms with E-state index in [1.54, 1.807) is 25.3 Å². The number of carbonyl (C=O) groups excluding carboxylic acids is 1. The Bertz CT molecular complexity index is 1300. The van der Waals surface area contributed by atoms with E-state index in [0.717, 1.165) is 0 Å². The molecule has 0 spiro atoms. The normalized spacial score (nSPS) is 11.0. The fraction of sp³-hybridized carbons (Fsp3) is 0.158. The van der Waals surface area contributed by atoms with Crippen molar-refractivity contribution in [3.63, 3.8) is 0 Å². The lowest BCUT2D eigenvalue weighted by Crippen LogP contribution is -2.25. The molecule has 0 fully saturated rings. The van der Waals surface area contributed by atoms with Crippen LogP contribution < -0.4 is 20.3 Å². The molecule has 0 radical (unpaired) electrons. The SMILES string of the molecule is COc1ccc(CNC(=O)c2nnn3c2c(=O)[nH]c2cc(F)ccc23)c(OC)c1. The third-order valence-corrected chi connectivity index (χ3v) is 4.47. The molecule has 10 heteroatoms. The molecule has 0 aliphatic carbocycles. The van der Waals surface area contributed by atoms with E-state index in [-0.39, 0.29) is 23.3 Å². The minimum absolute atomic E-state index is 0.0247. The molecule has 4 rings (SSSR count). The number of ether oxygens (including phenoxy) is 2. The monoisotopic (exact) mass is 397 g/mol. The number of rotatable bonds is 5. The smallest absolute Gasteiger partial charge is 0.277 e. The van der Waals surface area contributed by atoms with E-state index in [9.17, 15) is 14.0 Å². The molecule has 2 N–H and O–H groups in total. The zero-order valence-electron chi connectivity index (χ0n) is 15.5. The van der Waals surface area contributed by atoms with Gasteiger partial charge in [-0.3, -0.25) is 9.59 Å². The molecule has 4 aromatic rings. The highest BCUT2D eigenvalue weighted by Gasteiger charge is 2.20. The number of benzene rings is 2. The lowest BCUT2D eigenvalue weighted by atomic mass is 10.2. The molecule has 2 aromatic carbocycles. The van der Waals surface area contributed by atoms with Crippen LogP contribution >= 0.6 is 0 Å². The van der Waals surface area contributed by atoms with E-state index in [2.05, 4.69) is 20.6 Å². The number of aromatic amines is 1. The fourth-order valence-electron chi connectivity index (χ4n) is 3.04. The molecule has 2 aromatic heterocycles. The Balaban J connectivity index is 1.66. The number of fused-ring (bicyclic) bond motifs is 3. The molecule has 0 bridgehead atoms. The van der Waals surface area contributed by atoms with Crippen LogP contribution in [0.15, 0.2) is 41.2 Å². The highest BCUT2D eigenvalue weighted by Crippen LogP contribution is 2.24. The van der Waals surface area contributed by atoms with E-state index in [1.807, 2.05) is 0 Å². The predicted molar refractivity (Wildman–Crippen MR) is 102 cm³/mol. The number of methoxy groups -OCH3 is 2. The molecular weight excluding hydrogens is 381 g/mol. The van der Waals surface area contributed by atoms with Crippen LogP contribution in [0.1, 0.15) is 16.1 Å². The van der Waals surface area contributed by atoms with Gasteiger partial charge in [-0.25, -0.2) is 8.91 Å². The lowest BCUT2D eigenvalue weighted by Gasteiger charge is -2.10. The van der Waals surface area contributed by atoms with Crippen molar-refractivity contribution in [3.05, 3.63) is 63.8 Å². The predicted octanol–water partition coefficient (Wildman–Crippen LogP) is 1.66. The summed E-state index contributed by atoms with van der Waals surface area (Å²) < 4.78 is 25.1. The number of aromatic nitrogens is 4. The van der Waals surface area contributed by atoms with Gasteiger partial charge >= 0.3 is 0 Å². The summed E-state index contributed by atoms with van der Waals surface area (Å²) in [6, 6.07) is 9.06. The average molecular weight is 397 g/mol. The van der Waals surface area contributed by atoms with E-state index < -0.39 is 17.3 Å². The summed E-state index contributed by atoms with van der Waals surface area (Å²) in [5, 5.41) is 10.4. The minimum atomic E-state index is -0.597. The molecule has 0 atom stereocenters. The highest BCUT2D eigenvalue weighted by atomic mass is 19.1. The van der Waals surface area contributed by atoms with E-state index >= 15 is 0 Å². The first-order valence-electron chi connectivity index (χ1n) is 8.58. The molecule has 148 valence electrons. The summed E-state index contributed by atoms with van der Waals surface area (Å²) in [6.45, 7) is 0.141. The van der Waals surface area contributed by atoms with Crippen LogP contribution in [-0.4, -0.2) is 39.9 Å². The number of nitrogens with zero attached hydrogens (tertiary/aromatic N) is 3. The maximum atomic E-state index is 13.4. The summed E-state index contributed by atoms with van der Waals surface area (Å²) in [6.07, 6.45) is 0. The standard InChI is InChI=1S/C19H16FN5O4/c1-28-12-5-3-10(15(8-12)29-2)9-21-18(26)16-17-19(27)22-13-7-11(20)4-6-14(13)25(17)24-23-16/h3-8H,9H2,1-2H3,(H,21,26)(H,22,27). The quantitative estimate of drug-likeness (QED) is 0.530. The first-order chi connectivity index (χ1) is 14.0. The molecule has 0 aliphatic heterocycles. The molecular formula is C19H16FN5O4. The molecule has 9 nitrogen and oxygen atoms in total. The Morgan fingerprint density at radius 2 is 2.03 bits per heavy atom. The Kier molecular flexibility index (Phi) is 4.59. The second-order valence-electron chi connectivity index (χ2n) is 6.17. The van der Waals surface area contributed by atoms with Crippen molar-refractivity contribution in [1.82, 2.24) is 25.1 Å². The van der Waals surface area contributed by atoms with Gasteiger partial charge in [0.25, 0.3) is 11.5 Å². The van der Waals surface area contributed by atoms with Crippen molar-refractivity contribution in [2.24, 2.45) is 0 Å². The highest BCUT2D eigenvalue weighted by molar-refractivity contribution is 5.99. The molecule has 0 aliphatic rings. The van der Waals surface area contributed by atoms with E-state index in [4.69, 9.17) is 9.47 Å². The number of H-pyrrole nitrogens is 1. The molecule has 2 heterocycles. The van der Waals surface area contributed by atoms with Gasteiger partial charge in [0.1, 0.15) is 17.3 Å². The van der Waals surface area contributed by atoms with Crippen molar-refractivity contribution in [2.75, 3.05) is 14.2 Å². The van der Waals surface area contributed by atoms with E-state index in [1.165, 1.54) is 29.8 Å². The maximum Gasteiger partial charge on any atom is 0.277 e. The van der Waals surface area contributed by atoms with Crippen LogP contribution in [0.25, 0.3) is 16.6 Å². The molecule has 1 amide bonds. The number of hydrogen-bond donors (Lipinski definition) is 2. The second-order valence-corrected chi connectivity index (χ2v) is 6.17. The lowest BCUT2D eigenvalue weighted by molar-refractivity contribution is 0.0947. The molecule has 0 saturated carbocycles. The Hall–Kier alpha value is -3.95. The van der Waals surface area contributed by atoms with Gasteiger partial charge in [-0.15, -0.1) is 5.10 Å². The molecule has 29 heavy (non-hydrogen) atoms. The largest absolute Gasteiger partial charge is 0.497 e. The Morgan fingerprint density at radius 3 is 2.79 bits per heavy atom. The van der Waals surface area contributed by atoms with Gasteiger partial charge in [-0.2, -0.15) is 0 Å². The zero-order chi connectivity index (χ0) is 20.5. The van der Waals surface area contributed by atoms with Crippen molar-refractivity contribution in [1.29, 1.82) is 0 Å².